The van der Waals surface area contributed by atoms with E-state index in [9.17, 15) is 9.59 Å². The van der Waals surface area contributed by atoms with E-state index in [1.165, 1.54) is 5.56 Å². The van der Waals surface area contributed by atoms with Gasteiger partial charge in [-0.25, -0.2) is 0 Å². The van der Waals surface area contributed by atoms with Gasteiger partial charge in [0.05, 0.1) is 12.3 Å². The van der Waals surface area contributed by atoms with E-state index in [1.807, 2.05) is 45.9 Å². The van der Waals surface area contributed by atoms with E-state index >= 15 is 0 Å². The van der Waals surface area contributed by atoms with Crippen molar-refractivity contribution in [3.63, 3.8) is 0 Å². The molecule has 110 valence electrons. The number of benzene rings is 1. The van der Waals surface area contributed by atoms with Crippen LogP contribution in [0.25, 0.3) is 0 Å². The van der Waals surface area contributed by atoms with Crippen LogP contribution in [0.15, 0.2) is 18.2 Å². The van der Waals surface area contributed by atoms with E-state index in [4.69, 9.17) is 5.11 Å². The van der Waals surface area contributed by atoms with E-state index < -0.39 is 11.9 Å². The summed E-state index contributed by atoms with van der Waals surface area (Å²) in [5.41, 5.74) is 3.29. The molecule has 0 aliphatic carbocycles. The molecule has 0 bridgehead atoms. The van der Waals surface area contributed by atoms with Crippen molar-refractivity contribution in [2.75, 3.05) is 6.54 Å². The second-order valence-corrected chi connectivity index (χ2v) is 5.59. The van der Waals surface area contributed by atoms with Crippen molar-refractivity contribution in [3.05, 3.63) is 34.9 Å². The van der Waals surface area contributed by atoms with Crippen molar-refractivity contribution in [2.45, 2.75) is 34.1 Å². The Morgan fingerprint density at radius 2 is 1.85 bits per heavy atom. The number of hydrogen-bond acceptors (Lipinski definition) is 2. The number of aryl methyl sites for hydroxylation is 2. The molecule has 1 aromatic rings. The van der Waals surface area contributed by atoms with Crippen LogP contribution in [0.1, 0.15) is 30.5 Å². The molecule has 0 radical (unpaired) electrons. The minimum atomic E-state index is -0.869. The zero-order valence-corrected chi connectivity index (χ0v) is 12.6. The van der Waals surface area contributed by atoms with Crippen LogP contribution < -0.4 is 5.32 Å². The quantitative estimate of drug-likeness (QED) is 0.838. The van der Waals surface area contributed by atoms with Gasteiger partial charge in [0.25, 0.3) is 0 Å². The predicted molar refractivity (Wildman–Crippen MR) is 78.6 cm³/mol. The van der Waals surface area contributed by atoms with E-state index in [1.54, 1.807) is 0 Å². The van der Waals surface area contributed by atoms with Gasteiger partial charge in [0, 0.05) is 6.54 Å². The van der Waals surface area contributed by atoms with E-state index in [0.717, 1.165) is 11.1 Å². The Bertz CT molecular complexity index is 494. The average molecular weight is 277 g/mol. The van der Waals surface area contributed by atoms with Gasteiger partial charge >= 0.3 is 5.97 Å². The Morgan fingerprint density at radius 3 is 2.35 bits per heavy atom. The van der Waals surface area contributed by atoms with Gasteiger partial charge in [0.1, 0.15) is 0 Å². The van der Waals surface area contributed by atoms with Crippen LogP contribution in [-0.4, -0.2) is 23.5 Å². The highest BCUT2D eigenvalue weighted by Crippen LogP contribution is 2.11. The lowest BCUT2D eigenvalue weighted by Crippen LogP contribution is -2.36. The number of carbonyl (C=O) groups is 2. The summed E-state index contributed by atoms with van der Waals surface area (Å²) in [6.45, 7) is 7.90. The highest BCUT2D eigenvalue weighted by Gasteiger charge is 2.21. The molecular formula is C16H23NO3. The molecule has 0 saturated carbocycles. The predicted octanol–water partition coefficient (Wildman–Crippen LogP) is 2.32. The third kappa shape index (κ3) is 4.68. The Morgan fingerprint density at radius 1 is 1.20 bits per heavy atom. The van der Waals surface area contributed by atoms with Gasteiger partial charge in [0.15, 0.2) is 0 Å². The number of carbonyl (C=O) groups excluding carboxylic acids is 1. The summed E-state index contributed by atoms with van der Waals surface area (Å²) in [6, 6.07) is 5.91. The van der Waals surface area contributed by atoms with Crippen LogP contribution in [0.3, 0.4) is 0 Å². The number of aliphatic carboxylic acids is 1. The summed E-state index contributed by atoms with van der Waals surface area (Å²) in [4.78, 5) is 22.9. The summed E-state index contributed by atoms with van der Waals surface area (Å²) in [5.74, 6) is -1.56. The fourth-order valence-electron chi connectivity index (χ4n) is 1.99. The summed E-state index contributed by atoms with van der Waals surface area (Å²) in [7, 11) is 0. The lowest BCUT2D eigenvalue weighted by molar-refractivity contribution is -0.143. The summed E-state index contributed by atoms with van der Waals surface area (Å²) in [5, 5.41) is 11.8. The third-order valence-electron chi connectivity index (χ3n) is 3.58. The summed E-state index contributed by atoms with van der Waals surface area (Å²) < 4.78 is 0. The van der Waals surface area contributed by atoms with E-state index in [0.29, 0.717) is 0 Å². The molecule has 0 spiro atoms. The Balaban J connectivity index is 2.55. The molecule has 0 fully saturated rings. The molecule has 1 unspecified atom stereocenters. The topological polar surface area (TPSA) is 66.4 Å². The SMILES string of the molecule is Cc1ccc(CC(=O)NCC(C(=O)O)C(C)C)cc1C. The lowest BCUT2D eigenvalue weighted by atomic mass is 9.96. The van der Waals surface area contributed by atoms with Crippen LogP contribution in [0.4, 0.5) is 0 Å². The Kier molecular flexibility index (Phi) is 5.74. The number of amides is 1. The minimum absolute atomic E-state index is 0.00517. The number of rotatable bonds is 6. The van der Waals surface area contributed by atoms with Gasteiger partial charge in [-0.1, -0.05) is 32.0 Å². The zero-order valence-electron chi connectivity index (χ0n) is 12.6. The van der Waals surface area contributed by atoms with Gasteiger partial charge in [0.2, 0.25) is 5.91 Å². The van der Waals surface area contributed by atoms with Crippen LogP contribution in [0.5, 0.6) is 0 Å². The first-order valence-corrected chi connectivity index (χ1v) is 6.87. The maximum Gasteiger partial charge on any atom is 0.308 e. The maximum atomic E-state index is 11.9. The number of carboxylic acids is 1. The van der Waals surface area contributed by atoms with Crippen LogP contribution in [0, 0.1) is 25.7 Å². The van der Waals surface area contributed by atoms with Crippen LogP contribution in [0.2, 0.25) is 0 Å². The number of carboxylic acid groups (broad SMARTS) is 1. The van der Waals surface area contributed by atoms with Crippen molar-refractivity contribution >= 4 is 11.9 Å². The maximum absolute atomic E-state index is 11.9. The molecule has 0 heterocycles. The molecular weight excluding hydrogens is 254 g/mol. The summed E-state index contributed by atoms with van der Waals surface area (Å²) >= 11 is 0. The molecule has 2 N–H and O–H groups in total. The largest absolute Gasteiger partial charge is 0.481 e. The normalized spacial score (nSPS) is 12.2. The van der Waals surface area contributed by atoms with Gasteiger partial charge in [-0.15, -0.1) is 0 Å². The second kappa shape index (κ2) is 7.08. The van der Waals surface area contributed by atoms with Crippen molar-refractivity contribution in [1.82, 2.24) is 5.32 Å². The smallest absolute Gasteiger partial charge is 0.308 e. The van der Waals surface area contributed by atoms with Crippen LogP contribution in [-0.2, 0) is 16.0 Å². The molecule has 1 rings (SSSR count). The molecule has 20 heavy (non-hydrogen) atoms. The molecule has 1 amide bonds. The van der Waals surface area contributed by atoms with Crippen molar-refractivity contribution in [2.24, 2.45) is 11.8 Å². The van der Waals surface area contributed by atoms with E-state index in [-0.39, 0.29) is 24.8 Å². The van der Waals surface area contributed by atoms with Gasteiger partial charge in [-0.3, -0.25) is 9.59 Å². The molecule has 4 nitrogen and oxygen atoms in total. The molecule has 0 aliphatic rings. The molecule has 0 aliphatic heterocycles. The highest BCUT2D eigenvalue weighted by molar-refractivity contribution is 5.79. The fourth-order valence-corrected chi connectivity index (χ4v) is 1.99. The van der Waals surface area contributed by atoms with Crippen molar-refractivity contribution in [1.29, 1.82) is 0 Å². The molecule has 4 heteroatoms. The fraction of sp³-hybridized carbons (Fsp3) is 0.500. The lowest BCUT2D eigenvalue weighted by Gasteiger charge is -2.16. The minimum Gasteiger partial charge on any atom is -0.481 e. The second-order valence-electron chi connectivity index (χ2n) is 5.59. The zero-order chi connectivity index (χ0) is 15.3. The third-order valence-corrected chi connectivity index (χ3v) is 3.58. The van der Waals surface area contributed by atoms with Gasteiger partial charge in [-0.2, -0.15) is 0 Å². The first kappa shape index (κ1) is 16.2. The molecule has 1 aromatic carbocycles. The molecule has 0 saturated heterocycles. The first-order chi connectivity index (χ1) is 9.31. The molecule has 0 aromatic heterocycles. The van der Waals surface area contributed by atoms with Crippen molar-refractivity contribution in [3.8, 4) is 0 Å². The summed E-state index contributed by atoms with van der Waals surface area (Å²) in [6.07, 6.45) is 0.283. The Hall–Kier alpha value is -1.84. The van der Waals surface area contributed by atoms with E-state index in [2.05, 4.69) is 5.32 Å². The first-order valence-electron chi connectivity index (χ1n) is 6.87. The molecule has 1 atom stereocenters. The monoisotopic (exact) mass is 277 g/mol. The number of hydrogen-bond donors (Lipinski definition) is 2. The van der Waals surface area contributed by atoms with Crippen molar-refractivity contribution < 1.29 is 14.7 Å². The standard InChI is InChI=1S/C16H23NO3/c1-10(2)14(16(19)20)9-17-15(18)8-13-6-5-11(3)12(4)7-13/h5-7,10,14H,8-9H2,1-4H3,(H,17,18)(H,19,20). The number of nitrogens with one attached hydrogen (secondary N) is 1. The van der Waals surface area contributed by atoms with Gasteiger partial charge < -0.3 is 10.4 Å². The Labute approximate surface area is 120 Å². The van der Waals surface area contributed by atoms with Gasteiger partial charge in [-0.05, 0) is 36.5 Å². The average Bonchev–Trinajstić information content (AvgIpc) is 2.33. The highest BCUT2D eigenvalue weighted by atomic mass is 16.4. The van der Waals surface area contributed by atoms with Crippen LogP contribution >= 0.6 is 0 Å².